The number of benzene rings is 1. The smallest absolute Gasteiger partial charge is 0.260 e. The van der Waals surface area contributed by atoms with Gasteiger partial charge in [0.05, 0.1) is 10.6 Å². The number of nitrogens with zero attached hydrogens (tertiary/aromatic N) is 2. The van der Waals surface area contributed by atoms with E-state index in [1.807, 2.05) is 18.2 Å². The molecule has 0 bridgehead atoms. The van der Waals surface area contributed by atoms with E-state index in [2.05, 4.69) is 4.98 Å². The summed E-state index contributed by atoms with van der Waals surface area (Å²) in [5.74, 6) is 0.763. The molecule has 0 fully saturated rings. The first-order valence-electron chi connectivity index (χ1n) is 5.03. The van der Waals surface area contributed by atoms with E-state index in [0.717, 1.165) is 16.3 Å². The first kappa shape index (κ1) is 11.6. The summed E-state index contributed by atoms with van der Waals surface area (Å²) in [6.07, 6.45) is 1.76. The average Bonchev–Trinajstić information content (AvgIpc) is 2.38. The van der Waals surface area contributed by atoms with Gasteiger partial charge in [0.25, 0.3) is 5.69 Å². The van der Waals surface area contributed by atoms with Crippen LogP contribution in [0.2, 0.25) is 0 Å². The topological polar surface area (TPSA) is 56.0 Å². The fourth-order valence-corrected chi connectivity index (χ4v) is 2.12. The zero-order valence-corrected chi connectivity index (χ0v) is 9.76. The van der Waals surface area contributed by atoms with Gasteiger partial charge < -0.3 is 0 Å². The molecule has 0 atom stereocenters. The summed E-state index contributed by atoms with van der Waals surface area (Å²) >= 11 is 1.61. The molecule has 2 aromatic rings. The van der Waals surface area contributed by atoms with Crippen LogP contribution < -0.4 is 0 Å². The van der Waals surface area contributed by atoms with E-state index in [-0.39, 0.29) is 5.69 Å². The van der Waals surface area contributed by atoms with Crippen molar-refractivity contribution in [1.29, 1.82) is 0 Å². The Hall–Kier alpha value is -1.88. The molecule has 0 saturated carbocycles. The first-order valence-corrected chi connectivity index (χ1v) is 6.01. The van der Waals surface area contributed by atoms with Crippen molar-refractivity contribution in [3.05, 3.63) is 64.5 Å². The van der Waals surface area contributed by atoms with Gasteiger partial charge in [0, 0.05) is 29.0 Å². The van der Waals surface area contributed by atoms with E-state index in [4.69, 9.17) is 0 Å². The Morgan fingerprint density at radius 3 is 2.53 bits per heavy atom. The second-order valence-corrected chi connectivity index (χ2v) is 4.41. The van der Waals surface area contributed by atoms with Crippen LogP contribution in [0.5, 0.6) is 0 Å². The SMILES string of the molecule is O=[N+]([O-])c1ccc(SCc2ccccn2)cc1. The lowest BCUT2D eigenvalue weighted by atomic mass is 10.3. The number of pyridine rings is 1. The molecule has 0 N–H and O–H groups in total. The molecule has 0 amide bonds. The van der Waals surface area contributed by atoms with Gasteiger partial charge in [-0.1, -0.05) is 6.07 Å². The number of hydrogen-bond acceptors (Lipinski definition) is 4. The van der Waals surface area contributed by atoms with E-state index >= 15 is 0 Å². The monoisotopic (exact) mass is 246 g/mol. The minimum atomic E-state index is -0.396. The molecular formula is C12H10N2O2S. The Kier molecular flexibility index (Phi) is 3.72. The van der Waals surface area contributed by atoms with Crippen molar-refractivity contribution in [3.8, 4) is 0 Å². The molecule has 17 heavy (non-hydrogen) atoms. The quantitative estimate of drug-likeness (QED) is 0.472. The maximum atomic E-state index is 10.5. The zero-order chi connectivity index (χ0) is 12.1. The number of hydrogen-bond donors (Lipinski definition) is 0. The maximum absolute atomic E-state index is 10.5. The molecular weight excluding hydrogens is 236 g/mol. The van der Waals surface area contributed by atoms with Crippen LogP contribution in [0.1, 0.15) is 5.69 Å². The standard InChI is InChI=1S/C12H10N2O2S/c15-14(16)11-4-6-12(7-5-11)17-9-10-3-1-2-8-13-10/h1-8H,9H2. The lowest BCUT2D eigenvalue weighted by molar-refractivity contribution is -0.384. The minimum Gasteiger partial charge on any atom is -0.260 e. The molecule has 1 aromatic heterocycles. The third kappa shape index (κ3) is 3.29. The second-order valence-electron chi connectivity index (χ2n) is 3.36. The molecule has 0 spiro atoms. The van der Waals surface area contributed by atoms with E-state index in [1.165, 1.54) is 12.1 Å². The van der Waals surface area contributed by atoms with Crippen molar-refractivity contribution in [3.63, 3.8) is 0 Å². The molecule has 4 nitrogen and oxygen atoms in total. The summed E-state index contributed by atoms with van der Waals surface area (Å²) < 4.78 is 0. The number of rotatable bonds is 4. The summed E-state index contributed by atoms with van der Waals surface area (Å²) in [7, 11) is 0. The molecule has 1 aromatic carbocycles. The van der Waals surface area contributed by atoms with Gasteiger partial charge in [-0.25, -0.2) is 0 Å². The summed E-state index contributed by atoms with van der Waals surface area (Å²) in [6.45, 7) is 0. The summed E-state index contributed by atoms with van der Waals surface area (Å²) in [4.78, 5) is 15.3. The van der Waals surface area contributed by atoms with E-state index in [0.29, 0.717) is 0 Å². The second kappa shape index (κ2) is 5.45. The minimum absolute atomic E-state index is 0.118. The Labute approximate surface area is 103 Å². The van der Waals surface area contributed by atoms with Crippen LogP contribution in [0, 0.1) is 10.1 Å². The molecule has 5 heteroatoms. The van der Waals surface area contributed by atoms with Crippen molar-refractivity contribution in [2.24, 2.45) is 0 Å². The number of nitro groups is 1. The number of nitro benzene ring substituents is 1. The predicted molar refractivity (Wildman–Crippen MR) is 66.9 cm³/mol. The zero-order valence-electron chi connectivity index (χ0n) is 8.95. The third-order valence-corrected chi connectivity index (χ3v) is 3.21. The average molecular weight is 246 g/mol. The van der Waals surface area contributed by atoms with Crippen LogP contribution >= 0.6 is 11.8 Å². The lowest BCUT2D eigenvalue weighted by Crippen LogP contribution is -1.87. The molecule has 0 unspecified atom stereocenters. The predicted octanol–water partition coefficient (Wildman–Crippen LogP) is 3.28. The summed E-state index contributed by atoms with van der Waals surface area (Å²) in [5.41, 5.74) is 1.11. The lowest BCUT2D eigenvalue weighted by Gasteiger charge is -2.00. The van der Waals surface area contributed by atoms with Gasteiger partial charge in [-0.3, -0.25) is 15.1 Å². The molecule has 1 heterocycles. The Morgan fingerprint density at radius 1 is 1.18 bits per heavy atom. The molecule has 86 valence electrons. The van der Waals surface area contributed by atoms with E-state index in [1.54, 1.807) is 30.1 Å². The van der Waals surface area contributed by atoms with Gasteiger partial charge >= 0.3 is 0 Å². The van der Waals surface area contributed by atoms with Crippen molar-refractivity contribution >= 4 is 17.4 Å². The van der Waals surface area contributed by atoms with Gasteiger partial charge in [0.2, 0.25) is 0 Å². The van der Waals surface area contributed by atoms with Gasteiger partial charge in [-0.2, -0.15) is 0 Å². The highest BCUT2D eigenvalue weighted by Gasteiger charge is 2.04. The van der Waals surface area contributed by atoms with Gasteiger partial charge in [0.1, 0.15) is 0 Å². The fraction of sp³-hybridized carbons (Fsp3) is 0.0833. The Morgan fingerprint density at radius 2 is 1.94 bits per heavy atom. The molecule has 2 rings (SSSR count). The highest BCUT2D eigenvalue weighted by Crippen LogP contribution is 2.23. The van der Waals surface area contributed by atoms with Gasteiger partial charge in [-0.15, -0.1) is 11.8 Å². The number of thioether (sulfide) groups is 1. The van der Waals surface area contributed by atoms with Crippen molar-refractivity contribution in [1.82, 2.24) is 4.98 Å². The van der Waals surface area contributed by atoms with Crippen LogP contribution in [0.25, 0.3) is 0 Å². The van der Waals surface area contributed by atoms with Crippen LogP contribution in [0.15, 0.2) is 53.6 Å². The summed E-state index contributed by atoms with van der Waals surface area (Å²) in [6, 6.07) is 12.3. The Balaban J connectivity index is 1.98. The first-order chi connectivity index (χ1) is 8.25. The van der Waals surface area contributed by atoms with E-state index in [9.17, 15) is 10.1 Å². The normalized spacial score (nSPS) is 10.1. The van der Waals surface area contributed by atoms with Crippen molar-refractivity contribution in [2.75, 3.05) is 0 Å². The Bertz CT molecular complexity index is 500. The number of aromatic nitrogens is 1. The highest BCUT2D eigenvalue weighted by molar-refractivity contribution is 7.98. The van der Waals surface area contributed by atoms with Gasteiger partial charge in [-0.05, 0) is 24.3 Å². The number of non-ortho nitro benzene ring substituents is 1. The van der Waals surface area contributed by atoms with Crippen molar-refractivity contribution < 1.29 is 4.92 Å². The third-order valence-electron chi connectivity index (χ3n) is 2.16. The molecule has 0 aliphatic carbocycles. The van der Waals surface area contributed by atoms with Gasteiger partial charge in [0.15, 0.2) is 0 Å². The summed E-state index contributed by atoms with van der Waals surface area (Å²) in [5, 5.41) is 10.5. The van der Waals surface area contributed by atoms with Crippen LogP contribution in [0.3, 0.4) is 0 Å². The fourth-order valence-electron chi connectivity index (χ4n) is 1.30. The molecule has 0 radical (unpaired) electrons. The van der Waals surface area contributed by atoms with E-state index < -0.39 is 4.92 Å². The molecule has 0 aliphatic heterocycles. The largest absolute Gasteiger partial charge is 0.269 e. The van der Waals surface area contributed by atoms with Crippen molar-refractivity contribution in [2.45, 2.75) is 10.6 Å². The van der Waals surface area contributed by atoms with Crippen LogP contribution in [0.4, 0.5) is 5.69 Å². The maximum Gasteiger partial charge on any atom is 0.269 e. The molecule has 0 saturated heterocycles. The van der Waals surface area contributed by atoms with Crippen LogP contribution in [-0.4, -0.2) is 9.91 Å². The highest BCUT2D eigenvalue weighted by atomic mass is 32.2. The van der Waals surface area contributed by atoms with Crippen LogP contribution in [-0.2, 0) is 5.75 Å². The molecule has 0 aliphatic rings.